The Morgan fingerprint density at radius 1 is 1.31 bits per heavy atom. The molecule has 2 rings (SSSR count). The molecule has 1 aromatic rings. The predicted octanol–water partition coefficient (Wildman–Crippen LogP) is 2.99. The van der Waals surface area contributed by atoms with Gasteiger partial charge in [0.05, 0.1) is 0 Å². The zero-order chi connectivity index (χ0) is 11.7. The van der Waals surface area contributed by atoms with Crippen LogP contribution in [0.15, 0.2) is 12.1 Å². The molecule has 0 bridgehead atoms. The highest BCUT2D eigenvalue weighted by Crippen LogP contribution is 2.44. The molecule has 1 aromatic carbocycles. The van der Waals surface area contributed by atoms with E-state index in [9.17, 15) is 8.78 Å². The van der Waals surface area contributed by atoms with Gasteiger partial charge in [-0.2, -0.15) is 0 Å². The monoisotopic (exact) mass is 225 g/mol. The summed E-state index contributed by atoms with van der Waals surface area (Å²) in [7, 11) is 1.87. The van der Waals surface area contributed by atoms with Gasteiger partial charge < -0.3 is 5.32 Å². The van der Waals surface area contributed by atoms with Crippen LogP contribution in [0.3, 0.4) is 0 Å². The summed E-state index contributed by atoms with van der Waals surface area (Å²) in [5, 5.41) is 3.08. The van der Waals surface area contributed by atoms with Crippen molar-refractivity contribution < 1.29 is 8.78 Å². The van der Waals surface area contributed by atoms with E-state index in [1.54, 1.807) is 6.92 Å². The van der Waals surface area contributed by atoms with Crippen LogP contribution in [0.5, 0.6) is 0 Å². The Balaban J connectivity index is 2.30. The molecule has 1 aliphatic carbocycles. The zero-order valence-electron chi connectivity index (χ0n) is 9.69. The first-order chi connectivity index (χ1) is 7.65. The first kappa shape index (κ1) is 11.5. The molecule has 1 aliphatic rings. The van der Waals surface area contributed by atoms with E-state index in [1.165, 1.54) is 12.1 Å². The highest BCUT2D eigenvalue weighted by molar-refractivity contribution is 5.31. The SMILES string of the molecule is CNCC1CCC1c1c(F)ccc(C)c1F. The number of nitrogens with one attached hydrogen (secondary N) is 1. The summed E-state index contributed by atoms with van der Waals surface area (Å²) in [6, 6.07) is 2.88. The van der Waals surface area contributed by atoms with E-state index in [2.05, 4.69) is 5.32 Å². The van der Waals surface area contributed by atoms with E-state index < -0.39 is 5.82 Å². The second-order valence-corrected chi connectivity index (χ2v) is 4.59. The van der Waals surface area contributed by atoms with Gasteiger partial charge in [-0.3, -0.25) is 0 Å². The van der Waals surface area contributed by atoms with Crippen molar-refractivity contribution in [3.8, 4) is 0 Å². The number of rotatable bonds is 3. The van der Waals surface area contributed by atoms with Gasteiger partial charge in [-0.25, -0.2) is 8.78 Å². The minimum atomic E-state index is -0.395. The molecule has 1 fully saturated rings. The molecule has 3 heteroatoms. The molecule has 2 unspecified atom stereocenters. The molecule has 0 aromatic heterocycles. The number of halogens is 2. The lowest BCUT2D eigenvalue weighted by Gasteiger charge is -2.37. The van der Waals surface area contributed by atoms with E-state index in [4.69, 9.17) is 0 Å². The molecule has 0 spiro atoms. The third kappa shape index (κ3) is 1.84. The number of hydrogen-bond acceptors (Lipinski definition) is 1. The molecule has 0 aliphatic heterocycles. The Labute approximate surface area is 94.9 Å². The van der Waals surface area contributed by atoms with Crippen LogP contribution in [0.2, 0.25) is 0 Å². The lowest BCUT2D eigenvalue weighted by Crippen LogP contribution is -2.33. The van der Waals surface area contributed by atoms with E-state index >= 15 is 0 Å². The summed E-state index contributed by atoms with van der Waals surface area (Å²) in [6.45, 7) is 2.52. The Kier molecular flexibility index (Phi) is 3.24. The van der Waals surface area contributed by atoms with Crippen molar-refractivity contribution in [3.63, 3.8) is 0 Å². The van der Waals surface area contributed by atoms with Crippen LogP contribution in [0.25, 0.3) is 0 Å². The summed E-state index contributed by atoms with van der Waals surface area (Å²) in [4.78, 5) is 0. The number of hydrogen-bond donors (Lipinski definition) is 1. The Bertz CT molecular complexity index is 390. The lowest BCUT2D eigenvalue weighted by molar-refractivity contribution is 0.239. The van der Waals surface area contributed by atoms with Gasteiger partial charge in [0.2, 0.25) is 0 Å². The first-order valence-electron chi connectivity index (χ1n) is 5.74. The predicted molar refractivity (Wildman–Crippen MR) is 60.5 cm³/mol. The van der Waals surface area contributed by atoms with Crippen LogP contribution in [-0.4, -0.2) is 13.6 Å². The molecule has 0 heterocycles. The quantitative estimate of drug-likeness (QED) is 0.834. The molecule has 1 N–H and O–H groups in total. The highest BCUT2D eigenvalue weighted by Gasteiger charge is 2.35. The minimum Gasteiger partial charge on any atom is -0.319 e. The molecular weight excluding hydrogens is 208 g/mol. The van der Waals surface area contributed by atoms with Crippen molar-refractivity contribution in [2.75, 3.05) is 13.6 Å². The van der Waals surface area contributed by atoms with Gasteiger partial charge in [-0.1, -0.05) is 6.07 Å². The summed E-state index contributed by atoms with van der Waals surface area (Å²) >= 11 is 0. The Morgan fingerprint density at radius 2 is 2.06 bits per heavy atom. The fourth-order valence-electron chi connectivity index (χ4n) is 2.47. The average Bonchev–Trinajstić information content (AvgIpc) is 2.24. The van der Waals surface area contributed by atoms with Crippen molar-refractivity contribution >= 4 is 0 Å². The van der Waals surface area contributed by atoms with Crippen molar-refractivity contribution in [1.29, 1.82) is 0 Å². The molecule has 2 atom stereocenters. The molecule has 0 radical (unpaired) electrons. The smallest absolute Gasteiger partial charge is 0.132 e. The number of benzene rings is 1. The van der Waals surface area contributed by atoms with Gasteiger partial charge in [-0.15, -0.1) is 0 Å². The van der Waals surface area contributed by atoms with Crippen LogP contribution in [0.4, 0.5) is 8.78 Å². The van der Waals surface area contributed by atoms with Crippen molar-refractivity contribution in [2.24, 2.45) is 5.92 Å². The fourth-order valence-corrected chi connectivity index (χ4v) is 2.47. The van der Waals surface area contributed by atoms with Crippen LogP contribution < -0.4 is 5.32 Å². The zero-order valence-corrected chi connectivity index (χ0v) is 9.69. The van der Waals surface area contributed by atoms with Crippen LogP contribution >= 0.6 is 0 Å². The van der Waals surface area contributed by atoms with Gasteiger partial charge in [0.1, 0.15) is 11.6 Å². The van der Waals surface area contributed by atoms with Gasteiger partial charge in [-0.05, 0) is 56.8 Å². The van der Waals surface area contributed by atoms with Gasteiger partial charge >= 0.3 is 0 Å². The summed E-state index contributed by atoms with van der Waals surface area (Å²) in [6.07, 6.45) is 1.95. The van der Waals surface area contributed by atoms with Crippen LogP contribution in [0, 0.1) is 24.5 Å². The van der Waals surface area contributed by atoms with E-state index in [1.807, 2.05) is 7.05 Å². The molecule has 1 nitrogen and oxygen atoms in total. The first-order valence-corrected chi connectivity index (χ1v) is 5.74. The van der Waals surface area contributed by atoms with E-state index in [-0.39, 0.29) is 11.7 Å². The van der Waals surface area contributed by atoms with Gasteiger partial charge in [0, 0.05) is 5.56 Å². The van der Waals surface area contributed by atoms with E-state index in [0.717, 1.165) is 19.4 Å². The molecule has 16 heavy (non-hydrogen) atoms. The molecule has 0 saturated heterocycles. The summed E-state index contributed by atoms with van der Waals surface area (Å²) < 4.78 is 27.5. The summed E-state index contributed by atoms with van der Waals surface area (Å²) in [5.41, 5.74) is 0.831. The molecule has 1 saturated carbocycles. The maximum atomic E-state index is 13.9. The third-order valence-corrected chi connectivity index (χ3v) is 3.57. The maximum absolute atomic E-state index is 13.9. The highest BCUT2D eigenvalue weighted by atomic mass is 19.1. The van der Waals surface area contributed by atoms with E-state index in [0.29, 0.717) is 17.0 Å². The Morgan fingerprint density at radius 3 is 2.62 bits per heavy atom. The second-order valence-electron chi connectivity index (χ2n) is 4.59. The van der Waals surface area contributed by atoms with Crippen molar-refractivity contribution in [1.82, 2.24) is 5.32 Å². The van der Waals surface area contributed by atoms with Crippen molar-refractivity contribution in [2.45, 2.75) is 25.7 Å². The van der Waals surface area contributed by atoms with Crippen molar-refractivity contribution in [3.05, 3.63) is 34.9 Å². The third-order valence-electron chi connectivity index (χ3n) is 3.57. The van der Waals surface area contributed by atoms with Crippen LogP contribution in [-0.2, 0) is 0 Å². The van der Waals surface area contributed by atoms with Crippen LogP contribution in [0.1, 0.15) is 29.9 Å². The lowest BCUT2D eigenvalue weighted by atomic mass is 9.69. The second kappa shape index (κ2) is 4.50. The average molecular weight is 225 g/mol. The topological polar surface area (TPSA) is 12.0 Å². The minimum absolute atomic E-state index is 0.0485. The summed E-state index contributed by atoms with van der Waals surface area (Å²) in [5.74, 6) is -0.331. The van der Waals surface area contributed by atoms with Gasteiger partial charge in [0.25, 0.3) is 0 Å². The standard InChI is InChI=1S/C13H17F2N/c1-8-3-6-11(14)12(13(8)15)10-5-4-9(10)7-16-2/h3,6,9-10,16H,4-5,7H2,1-2H3. The largest absolute Gasteiger partial charge is 0.319 e. The van der Waals surface area contributed by atoms with Gasteiger partial charge in [0.15, 0.2) is 0 Å². The number of aryl methyl sites for hydroxylation is 1. The molecule has 88 valence electrons. The molecule has 0 amide bonds. The molecular formula is C13H17F2N. The maximum Gasteiger partial charge on any atom is 0.132 e. The fraction of sp³-hybridized carbons (Fsp3) is 0.538. The Hall–Kier alpha value is -0.960. The normalized spacial score (nSPS) is 24.2.